The number of halogens is 4. The largest absolute Gasteiger partial charge is 0.344 e. The van der Waals surface area contributed by atoms with Gasteiger partial charge in [0.05, 0.1) is 5.54 Å². The van der Waals surface area contributed by atoms with Gasteiger partial charge in [0.15, 0.2) is 0 Å². The van der Waals surface area contributed by atoms with Gasteiger partial charge < -0.3 is 5.32 Å². The molecule has 0 saturated heterocycles. The number of amides is 1. The van der Waals surface area contributed by atoms with Crippen LogP contribution in [-0.4, -0.2) is 23.2 Å². The molecule has 0 aliphatic carbocycles. The zero-order chi connectivity index (χ0) is 13.8. The molecule has 0 unspecified atom stereocenters. The summed E-state index contributed by atoms with van der Waals surface area (Å²) in [5.41, 5.74) is -0.872. The van der Waals surface area contributed by atoms with E-state index >= 15 is 0 Å². The quantitative estimate of drug-likeness (QED) is 0.830. The van der Waals surface area contributed by atoms with Crippen LogP contribution in [-0.2, 0) is 0 Å². The van der Waals surface area contributed by atoms with E-state index in [4.69, 9.17) is 23.2 Å². The lowest BCUT2D eigenvalue weighted by Gasteiger charge is -2.29. The van der Waals surface area contributed by atoms with Crippen LogP contribution in [0, 0.1) is 11.6 Å². The Morgan fingerprint density at radius 3 is 2.11 bits per heavy atom. The van der Waals surface area contributed by atoms with Gasteiger partial charge in [-0.25, -0.2) is 8.78 Å². The average molecular weight is 296 g/mol. The van der Waals surface area contributed by atoms with Crippen LogP contribution in [0.3, 0.4) is 0 Å². The molecule has 0 aliphatic rings. The minimum atomic E-state index is -0.806. The number of hydrogen-bond donors (Lipinski definition) is 1. The lowest BCUT2D eigenvalue weighted by atomic mass is 10.0. The smallest absolute Gasteiger partial charge is 0.251 e. The van der Waals surface area contributed by atoms with Crippen molar-refractivity contribution in [2.45, 2.75) is 18.9 Å². The number of carbonyl (C=O) groups excluding carboxylic acids is 1. The molecule has 1 rings (SSSR count). The van der Waals surface area contributed by atoms with Crippen LogP contribution in [0.25, 0.3) is 0 Å². The van der Waals surface area contributed by atoms with Crippen LogP contribution in [0.5, 0.6) is 0 Å². The SMILES string of the molecule is CCC(CCl)(CCl)NC(=O)c1cc(F)cc(F)c1. The second-order valence-corrected chi connectivity index (χ2v) is 4.55. The molecule has 1 amide bonds. The summed E-state index contributed by atoms with van der Waals surface area (Å²) < 4.78 is 26.0. The van der Waals surface area contributed by atoms with Crippen LogP contribution >= 0.6 is 23.2 Å². The summed E-state index contributed by atoms with van der Waals surface area (Å²) in [5.74, 6) is -1.97. The Hall–Kier alpha value is -0.870. The van der Waals surface area contributed by atoms with Gasteiger partial charge in [0.25, 0.3) is 5.91 Å². The number of hydrogen-bond acceptors (Lipinski definition) is 1. The standard InChI is InChI=1S/C12H13Cl2F2NO/c1-2-12(6-13,7-14)17-11(18)8-3-9(15)5-10(16)4-8/h3-5H,2,6-7H2,1H3,(H,17,18). The topological polar surface area (TPSA) is 29.1 Å². The van der Waals surface area contributed by atoms with Gasteiger partial charge in [-0.1, -0.05) is 6.92 Å². The summed E-state index contributed by atoms with van der Waals surface area (Å²) in [6.45, 7) is 1.82. The van der Waals surface area contributed by atoms with Crippen LogP contribution in [0.2, 0.25) is 0 Å². The highest BCUT2D eigenvalue weighted by atomic mass is 35.5. The van der Waals surface area contributed by atoms with Gasteiger partial charge in [0.1, 0.15) is 11.6 Å². The first-order chi connectivity index (χ1) is 8.46. The van der Waals surface area contributed by atoms with E-state index in [0.717, 1.165) is 12.1 Å². The fraction of sp³-hybridized carbons (Fsp3) is 0.417. The van der Waals surface area contributed by atoms with E-state index in [1.165, 1.54) is 0 Å². The van der Waals surface area contributed by atoms with E-state index in [1.807, 2.05) is 6.92 Å². The number of carbonyl (C=O) groups is 1. The van der Waals surface area contributed by atoms with Crippen molar-refractivity contribution in [3.8, 4) is 0 Å². The van der Waals surface area contributed by atoms with Gasteiger partial charge in [-0.15, -0.1) is 23.2 Å². The van der Waals surface area contributed by atoms with Crippen molar-refractivity contribution in [3.63, 3.8) is 0 Å². The van der Waals surface area contributed by atoms with Crippen molar-refractivity contribution >= 4 is 29.1 Å². The Kier molecular flexibility index (Phi) is 5.35. The van der Waals surface area contributed by atoms with Crippen molar-refractivity contribution in [2.24, 2.45) is 0 Å². The Balaban J connectivity index is 2.94. The maximum Gasteiger partial charge on any atom is 0.251 e. The molecule has 1 aromatic carbocycles. The molecule has 100 valence electrons. The molecule has 0 radical (unpaired) electrons. The minimum Gasteiger partial charge on any atom is -0.344 e. The summed E-state index contributed by atoms with van der Waals surface area (Å²) in [5, 5.41) is 2.61. The third-order valence-electron chi connectivity index (χ3n) is 2.69. The zero-order valence-electron chi connectivity index (χ0n) is 9.77. The molecule has 0 fully saturated rings. The average Bonchev–Trinajstić information content (AvgIpc) is 2.35. The van der Waals surface area contributed by atoms with E-state index in [1.54, 1.807) is 0 Å². The molecule has 1 N–H and O–H groups in total. The molecule has 1 aromatic rings. The van der Waals surface area contributed by atoms with Crippen LogP contribution in [0.1, 0.15) is 23.7 Å². The molecule has 0 aromatic heterocycles. The maximum atomic E-state index is 13.0. The van der Waals surface area contributed by atoms with Crippen molar-refractivity contribution in [3.05, 3.63) is 35.4 Å². The Bertz CT molecular complexity index is 408. The zero-order valence-corrected chi connectivity index (χ0v) is 11.3. The van der Waals surface area contributed by atoms with E-state index < -0.39 is 23.1 Å². The number of alkyl halides is 2. The van der Waals surface area contributed by atoms with Crippen LogP contribution in [0.15, 0.2) is 18.2 Å². The minimum absolute atomic E-state index is 0.0967. The van der Waals surface area contributed by atoms with Crippen molar-refractivity contribution in [2.75, 3.05) is 11.8 Å². The molecule has 0 spiro atoms. The summed E-state index contributed by atoms with van der Waals surface area (Å²) in [7, 11) is 0. The Morgan fingerprint density at radius 1 is 1.22 bits per heavy atom. The molecular weight excluding hydrogens is 283 g/mol. The molecule has 0 aliphatic heterocycles. The van der Waals surface area contributed by atoms with E-state index in [9.17, 15) is 13.6 Å². The first-order valence-corrected chi connectivity index (χ1v) is 6.44. The second-order valence-electron chi connectivity index (χ2n) is 4.01. The summed E-state index contributed by atoms with van der Waals surface area (Å²) >= 11 is 11.5. The lowest BCUT2D eigenvalue weighted by molar-refractivity contribution is 0.0912. The predicted octanol–water partition coefficient (Wildman–Crippen LogP) is 3.32. The van der Waals surface area contributed by atoms with Crippen LogP contribution < -0.4 is 5.32 Å². The molecular formula is C12H13Cl2F2NO. The van der Waals surface area contributed by atoms with Gasteiger partial charge in [0, 0.05) is 23.4 Å². The molecule has 18 heavy (non-hydrogen) atoms. The fourth-order valence-corrected chi connectivity index (χ4v) is 2.18. The summed E-state index contributed by atoms with van der Waals surface area (Å²) in [6.07, 6.45) is 0.517. The molecule has 0 bridgehead atoms. The third kappa shape index (κ3) is 3.56. The summed E-state index contributed by atoms with van der Waals surface area (Å²) in [4.78, 5) is 11.9. The number of rotatable bonds is 5. The maximum absolute atomic E-state index is 13.0. The Labute approximate surface area is 114 Å². The molecule has 2 nitrogen and oxygen atoms in total. The van der Waals surface area contributed by atoms with Crippen molar-refractivity contribution in [1.82, 2.24) is 5.32 Å². The molecule has 0 saturated carbocycles. The van der Waals surface area contributed by atoms with E-state index in [-0.39, 0.29) is 17.3 Å². The molecule has 0 atom stereocenters. The van der Waals surface area contributed by atoms with Gasteiger partial charge in [0.2, 0.25) is 0 Å². The highest BCUT2D eigenvalue weighted by Gasteiger charge is 2.28. The highest BCUT2D eigenvalue weighted by molar-refractivity contribution is 6.22. The third-order valence-corrected chi connectivity index (χ3v) is 3.72. The normalized spacial score (nSPS) is 11.4. The second kappa shape index (κ2) is 6.34. The first kappa shape index (κ1) is 15.2. The van der Waals surface area contributed by atoms with Crippen molar-refractivity contribution in [1.29, 1.82) is 0 Å². The first-order valence-electron chi connectivity index (χ1n) is 5.37. The van der Waals surface area contributed by atoms with Crippen molar-refractivity contribution < 1.29 is 13.6 Å². The van der Waals surface area contributed by atoms with E-state index in [2.05, 4.69) is 5.32 Å². The predicted molar refractivity (Wildman–Crippen MR) is 68.3 cm³/mol. The fourth-order valence-electron chi connectivity index (χ4n) is 1.38. The lowest BCUT2D eigenvalue weighted by Crippen LogP contribution is -2.51. The number of benzene rings is 1. The van der Waals surface area contributed by atoms with Gasteiger partial charge in [-0.2, -0.15) is 0 Å². The Morgan fingerprint density at radius 2 is 1.72 bits per heavy atom. The molecule has 0 heterocycles. The number of nitrogens with one attached hydrogen (secondary N) is 1. The molecule has 6 heteroatoms. The van der Waals surface area contributed by atoms with Crippen LogP contribution in [0.4, 0.5) is 8.78 Å². The van der Waals surface area contributed by atoms with Gasteiger partial charge in [-0.05, 0) is 18.6 Å². The monoisotopic (exact) mass is 295 g/mol. The van der Waals surface area contributed by atoms with Gasteiger partial charge >= 0.3 is 0 Å². The van der Waals surface area contributed by atoms with E-state index in [0.29, 0.717) is 12.5 Å². The van der Waals surface area contributed by atoms with Gasteiger partial charge in [-0.3, -0.25) is 4.79 Å². The summed E-state index contributed by atoms with van der Waals surface area (Å²) in [6, 6.07) is 2.62. The highest BCUT2D eigenvalue weighted by Crippen LogP contribution is 2.16.